The van der Waals surface area contributed by atoms with Crippen LogP contribution in [0.2, 0.25) is 0 Å². The number of benzene rings is 1. The molecule has 2 aromatic rings. The van der Waals surface area contributed by atoms with Crippen LogP contribution in [0.3, 0.4) is 0 Å². The van der Waals surface area contributed by atoms with E-state index in [9.17, 15) is 10.1 Å². The molecule has 2 heterocycles. The van der Waals surface area contributed by atoms with E-state index in [2.05, 4.69) is 21.3 Å². The quantitative estimate of drug-likeness (QED) is 0.750. The lowest BCUT2D eigenvalue weighted by Gasteiger charge is -2.41. The molecule has 1 amide bonds. The molecule has 1 aromatic heterocycles. The lowest BCUT2D eigenvalue weighted by Crippen LogP contribution is -2.55. The number of methoxy groups -OCH3 is 1. The van der Waals surface area contributed by atoms with Gasteiger partial charge in [0.1, 0.15) is 5.54 Å². The average Bonchev–Trinajstić information content (AvgIpc) is 3.24. The maximum atomic E-state index is 13.0. The minimum absolute atomic E-state index is 0.00891. The molecule has 1 aromatic carbocycles. The van der Waals surface area contributed by atoms with Crippen molar-refractivity contribution >= 4 is 5.91 Å². The van der Waals surface area contributed by atoms with E-state index in [0.717, 1.165) is 25.2 Å². The molecule has 0 bridgehead atoms. The number of carbonyl (C=O) groups is 1. The van der Waals surface area contributed by atoms with Gasteiger partial charge >= 0.3 is 0 Å². The van der Waals surface area contributed by atoms with Gasteiger partial charge in [-0.25, -0.2) is 4.98 Å². The molecule has 0 radical (unpaired) electrons. The standard InChI is InChI=1S/C20H25N5O2/c1-27-13-9-23-19(26)20(25-12-8-22-16-25)6-10-24(11-7-20)15-18-5-3-2-4-17(18)14-21/h2-5,8,12,16H,6-7,9-11,13,15H2,1H3,(H,23,26). The summed E-state index contributed by atoms with van der Waals surface area (Å²) in [7, 11) is 1.62. The van der Waals surface area contributed by atoms with Gasteiger partial charge in [-0.1, -0.05) is 18.2 Å². The SMILES string of the molecule is COCCNC(=O)C1(n2ccnc2)CCN(Cc2ccccc2C#N)CC1. The fraction of sp³-hybridized carbons (Fsp3) is 0.450. The topological polar surface area (TPSA) is 83.2 Å². The predicted octanol–water partition coefficient (Wildman–Crippen LogP) is 1.51. The van der Waals surface area contributed by atoms with Gasteiger partial charge in [-0.05, 0) is 24.5 Å². The summed E-state index contributed by atoms with van der Waals surface area (Å²) in [6, 6.07) is 9.93. The van der Waals surface area contributed by atoms with Crippen LogP contribution < -0.4 is 5.32 Å². The maximum absolute atomic E-state index is 13.0. The van der Waals surface area contributed by atoms with E-state index in [1.54, 1.807) is 19.6 Å². The molecule has 1 aliphatic rings. The number of likely N-dealkylation sites (tertiary alicyclic amines) is 1. The molecule has 0 atom stereocenters. The second-order valence-electron chi connectivity index (χ2n) is 6.80. The summed E-state index contributed by atoms with van der Waals surface area (Å²) in [6.07, 6.45) is 6.67. The van der Waals surface area contributed by atoms with E-state index in [4.69, 9.17) is 4.74 Å². The Morgan fingerprint density at radius 1 is 1.37 bits per heavy atom. The lowest BCUT2D eigenvalue weighted by molar-refractivity contribution is -0.132. The molecular formula is C20H25N5O2. The fourth-order valence-electron chi connectivity index (χ4n) is 3.64. The molecule has 1 fully saturated rings. The molecule has 7 heteroatoms. The number of imidazole rings is 1. The van der Waals surface area contributed by atoms with E-state index in [1.807, 2.05) is 35.0 Å². The first-order chi connectivity index (χ1) is 13.2. The Bertz CT molecular complexity index is 789. The number of aromatic nitrogens is 2. The van der Waals surface area contributed by atoms with Crippen LogP contribution >= 0.6 is 0 Å². The van der Waals surface area contributed by atoms with Crippen molar-refractivity contribution < 1.29 is 9.53 Å². The second kappa shape index (κ2) is 8.80. The summed E-state index contributed by atoms with van der Waals surface area (Å²) < 4.78 is 6.97. The molecule has 0 spiro atoms. The van der Waals surface area contributed by atoms with E-state index in [-0.39, 0.29) is 5.91 Å². The third kappa shape index (κ3) is 4.18. The zero-order valence-electron chi connectivity index (χ0n) is 15.6. The van der Waals surface area contributed by atoms with Gasteiger partial charge in [-0.15, -0.1) is 0 Å². The molecule has 0 saturated carbocycles. The first-order valence-corrected chi connectivity index (χ1v) is 9.15. The minimum Gasteiger partial charge on any atom is -0.383 e. The van der Waals surface area contributed by atoms with Crippen molar-refractivity contribution in [3.63, 3.8) is 0 Å². The van der Waals surface area contributed by atoms with Crippen molar-refractivity contribution in [2.45, 2.75) is 24.9 Å². The third-order valence-corrected chi connectivity index (χ3v) is 5.23. The highest BCUT2D eigenvalue weighted by Crippen LogP contribution is 2.31. The number of hydrogen-bond acceptors (Lipinski definition) is 5. The highest BCUT2D eigenvalue weighted by Gasteiger charge is 2.42. The third-order valence-electron chi connectivity index (χ3n) is 5.23. The zero-order valence-corrected chi connectivity index (χ0v) is 15.6. The molecule has 7 nitrogen and oxygen atoms in total. The van der Waals surface area contributed by atoms with Crippen LogP contribution in [-0.4, -0.2) is 53.7 Å². The summed E-state index contributed by atoms with van der Waals surface area (Å²) >= 11 is 0. The largest absolute Gasteiger partial charge is 0.383 e. The van der Waals surface area contributed by atoms with Crippen molar-refractivity contribution in [2.24, 2.45) is 0 Å². The number of rotatable bonds is 7. The molecule has 27 heavy (non-hydrogen) atoms. The Hall–Kier alpha value is -2.69. The highest BCUT2D eigenvalue weighted by atomic mass is 16.5. The number of nitrogens with one attached hydrogen (secondary N) is 1. The zero-order chi connectivity index (χ0) is 19.1. The molecule has 1 N–H and O–H groups in total. The van der Waals surface area contributed by atoms with Gasteiger partial charge in [-0.3, -0.25) is 9.69 Å². The molecule has 0 aliphatic carbocycles. The average molecular weight is 367 g/mol. The van der Waals surface area contributed by atoms with Crippen LogP contribution in [-0.2, 0) is 21.6 Å². The van der Waals surface area contributed by atoms with Crippen molar-refractivity contribution in [1.29, 1.82) is 5.26 Å². The van der Waals surface area contributed by atoms with E-state index in [1.165, 1.54) is 0 Å². The van der Waals surface area contributed by atoms with Crippen LogP contribution in [0.15, 0.2) is 43.0 Å². The molecular weight excluding hydrogens is 342 g/mol. The number of nitriles is 1. The predicted molar refractivity (Wildman–Crippen MR) is 101 cm³/mol. The van der Waals surface area contributed by atoms with Gasteiger partial charge in [0.05, 0.1) is 24.6 Å². The van der Waals surface area contributed by atoms with E-state index < -0.39 is 5.54 Å². The lowest BCUT2D eigenvalue weighted by atomic mass is 9.85. The number of carbonyl (C=O) groups excluding carboxylic acids is 1. The van der Waals surface area contributed by atoms with Crippen LogP contribution in [0, 0.1) is 11.3 Å². The van der Waals surface area contributed by atoms with Crippen LogP contribution in [0.4, 0.5) is 0 Å². The normalized spacial score (nSPS) is 16.6. The first-order valence-electron chi connectivity index (χ1n) is 9.15. The fourth-order valence-corrected chi connectivity index (χ4v) is 3.64. The molecule has 1 saturated heterocycles. The Balaban J connectivity index is 1.70. The Morgan fingerprint density at radius 3 is 2.81 bits per heavy atom. The monoisotopic (exact) mass is 367 g/mol. The van der Waals surface area contributed by atoms with E-state index in [0.29, 0.717) is 31.6 Å². The van der Waals surface area contributed by atoms with Gasteiger partial charge in [0.2, 0.25) is 5.91 Å². The number of hydrogen-bond donors (Lipinski definition) is 1. The summed E-state index contributed by atoms with van der Waals surface area (Å²) in [6.45, 7) is 3.24. The van der Waals surface area contributed by atoms with Crippen LogP contribution in [0.25, 0.3) is 0 Å². The van der Waals surface area contributed by atoms with Gasteiger partial charge in [0.25, 0.3) is 0 Å². The van der Waals surface area contributed by atoms with Crippen molar-refractivity contribution in [3.05, 3.63) is 54.1 Å². The van der Waals surface area contributed by atoms with Gasteiger partial charge < -0.3 is 14.6 Å². The van der Waals surface area contributed by atoms with Gasteiger partial charge in [-0.2, -0.15) is 5.26 Å². The minimum atomic E-state index is -0.629. The van der Waals surface area contributed by atoms with Crippen LogP contribution in [0.5, 0.6) is 0 Å². The summed E-state index contributed by atoms with van der Waals surface area (Å²) in [5.74, 6) is 0.00891. The molecule has 0 unspecified atom stereocenters. The Labute approximate surface area is 159 Å². The Kier molecular flexibility index (Phi) is 6.22. The molecule has 1 aliphatic heterocycles. The molecule has 142 valence electrons. The summed E-state index contributed by atoms with van der Waals surface area (Å²) in [4.78, 5) is 19.4. The van der Waals surface area contributed by atoms with Gasteiger partial charge in [0, 0.05) is 45.7 Å². The maximum Gasteiger partial charge on any atom is 0.246 e. The Morgan fingerprint density at radius 2 is 2.15 bits per heavy atom. The van der Waals surface area contributed by atoms with Crippen molar-refractivity contribution in [2.75, 3.05) is 33.4 Å². The smallest absolute Gasteiger partial charge is 0.246 e. The van der Waals surface area contributed by atoms with Crippen molar-refractivity contribution in [1.82, 2.24) is 19.8 Å². The highest BCUT2D eigenvalue weighted by molar-refractivity contribution is 5.84. The number of piperidine rings is 1. The molecule has 3 rings (SSSR count). The second-order valence-corrected chi connectivity index (χ2v) is 6.80. The number of nitrogens with zero attached hydrogens (tertiary/aromatic N) is 4. The van der Waals surface area contributed by atoms with Crippen molar-refractivity contribution in [3.8, 4) is 6.07 Å². The summed E-state index contributed by atoms with van der Waals surface area (Å²) in [5.41, 5.74) is 1.11. The number of amides is 1. The van der Waals surface area contributed by atoms with E-state index >= 15 is 0 Å². The van der Waals surface area contributed by atoms with Crippen LogP contribution in [0.1, 0.15) is 24.0 Å². The van der Waals surface area contributed by atoms with Gasteiger partial charge in [0.15, 0.2) is 0 Å². The first kappa shape index (κ1) is 19.1. The summed E-state index contributed by atoms with van der Waals surface area (Å²) in [5, 5.41) is 12.3. The number of ether oxygens (including phenoxy) is 1.